The van der Waals surface area contributed by atoms with Crippen molar-refractivity contribution >= 4 is 11.9 Å². The highest BCUT2D eigenvalue weighted by Crippen LogP contribution is 2.00. The Morgan fingerprint density at radius 1 is 1.41 bits per heavy atom. The van der Waals surface area contributed by atoms with Crippen molar-refractivity contribution in [2.45, 2.75) is 12.6 Å². The van der Waals surface area contributed by atoms with Crippen LogP contribution in [0.3, 0.4) is 0 Å². The van der Waals surface area contributed by atoms with E-state index in [0.29, 0.717) is 6.54 Å². The molecule has 2 N–H and O–H groups in total. The van der Waals surface area contributed by atoms with Gasteiger partial charge in [-0.2, -0.15) is 0 Å². The Hall–Kier alpha value is -1.88. The first-order valence-electron chi connectivity index (χ1n) is 5.46. The molecule has 0 aromatic heterocycles. The van der Waals surface area contributed by atoms with Gasteiger partial charge in [-0.1, -0.05) is 30.3 Å². The Bertz CT molecular complexity index is 405. The summed E-state index contributed by atoms with van der Waals surface area (Å²) in [5.74, 6) is -0.422. The number of β-lactam (4-membered cyclic amide) rings is 1. The standard InChI is InChI=1S/C12H14N2O3/c15-11(7-13-10-6-14-12(10)16)17-8-9-4-2-1-3-5-9/h1-5,10,13H,6-8H2,(H,14,16)/t10-/m1/s1. The van der Waals surface area contributed by atoms with Gasteiger partial charge in [0.1, 0.15) is 12.6 Å². The maximum Gasteiger partial charge on any atom is 0.320 e. The normalized spacial score (nSPS) is 18.1. The lowest BCUT2D eigenvalue weighted by atomic mass is 10.1. The van der Waals surface area contributed by atoms with E-state index in [1.54, 1.807) is 0 Å². The molecule has 0 radical (unpaired) electrons. The van der Waals surface area contributed by atoms with Crippen molar-refractivity contribution in [1.29, 1.82) is 0 Å². The molecule has 1 aromatic rings. The van der Waals surface area contributed by atoms with Gasteiger partial charge in [-0.25, -0.2) is 0 Å². The Morgan fingerprint density at radius 3 is 2.76 bits per heavy atom. The van der Waals surface area contributed by atoms with Crippen LogP contribution in [-0.4, -0.2) is 31.0 Å². The fraction of sp³-hybridized carbons (Fsp3) is 0.333. The third-order valence-electron chi connectivity index (χ3n) is 2.53. The molecule has 1 saturated heterocycles. The average molecular weight is 234 g/mol. The van der Waals surface area contributed by atoms with E-state index in [2.05, 4.69) is 10.6 Å². The number of ether oxygens (including phenoxy) is 1. The summed E-state index contributed by atoms with van der Waals surface area (Å²) in [7, 11) is 0. The predicted octanol–water partition coefficient (Wildman–Crippen LogP) is -0.182. The van der Waals surface area contributed by atoms with E-state index >= 15 is 0 Å². The summed E-state index contributed by atoms with van der Waals surface area (Å²) < 4.78 is 5.05. The molecule has 5 heteroatoms. The Labute approximate surface area is 99.2 Å². The lowest BCUT2D eigenvalue weighted by Gasteiger charge is -2.26. The molecule has 1 amide bonds. The van der Waals surface area contributed by atoms with E-state index < -0.39 is 0 Å². The van der Waals surface area contributed by atoms with Crippen LogP contribution in [0.15, 0.2) is 30.3 Å². The van der Waals surface area contributed by atoms with E-state index in [0.717, 1.165) is 5.56 Å². The maximum absolute atomic E-state index is 11.4. The molecule has 0 spiro atoms. The molecule has 1 aliphatic heterocycles. The average Bonchev–Trinajstić information content (AvgIpc) is 2.36. The second-order valence-electron chi connectivity index (χ2n) is 3.82. The van der Waals surface area contributed by atoms with Crippen molar-refractivity contribution in [1.82, 2.24) is 10.6 Å². The second-order valence-corrected chi connectivity index (χ2v) is 3.82. The first-order valence-corrected chi connectivity index (χ1v) is 5.46. The summed E-state index contributed by atoms with van der Waals surface area (Å²) >= 11 is 0. The van der Waals surface area contributed by atoms with Crippen molar-refractivity contribution in [2.24, 2.45) is 0 Å². The molecule has 5 nitrogen and oxygen atoms in total. The quantitative estimate of drug-likeness (QED) is 0.548. The highest BCUT2D eigenvalue weighted by atomic mass is 16.5. The number of benzene rings is 1. The first kappa shape index (κ1) is 11.6. The van der Waals surface area contributed by atoms with Crippen LogP contribution in [0, 0.1) is 0 Å². The lowest BCUT2D eigenvalue weighted by Crippen LogP contribution is -2.61. The summed E-state index contributed by atoms with van der Waals surface area (Å²) in [5.41, 5.74) is 0.947. The van der Waals surface area contributed by atoms with Crippen molar-refractivity contribution in [3.8, 4) is 0 Å². The van der Waals surface area contributed by atoms with Gasteiger partial charge in [0.25, 0.3) is 0 Å². The SMILES string of the molecule is O=C(CN[C@@H]1CNC1=O)OCc1ccccc1. The van der Waals surface area contributed by atoms with Crippen LogP contribution in [0.2, 0.25) is 0 Å². The molecule has 0 bridgehead atoms. The minimum atomic E-state index is -0.353. The van der Waals surface area contributed by atoms with E-state index in [-0.39, 0.29) is 31.1 Å². The fourth-order valence-electron chi connectivity index (χ4n) is 1.45. The molecular formula is C12H14N2O3. The number of carbonyl (C=O) groups is 2. The smallest absolute Gasteiger partial charge is 0.320 e. The summed E-state index contributed by atoms with van der Waals surface area (Å²) in [6.45, 7) is 0.897. The Balaban J connectivity index is 1.66. The summed E-state index contributed by atoms with van der Waals surface area (Å²) in [6.07, 6.45) is 0. The molecule has 1 aromatic carbocycles. The van der Waals surface area contributed by atoms with Crippen LogP contribution >= 0.6 is 0 Å². The van der Waals surface area contributed by atoms with Crippen molar-refractivity contribution < 1.29 is 14.3 Å². The molecule has 1 heterocycles. The number of hydrogen-bond donors (Lipinski definition) is 2. The Kier molecular flexibility index (Phi) is 3.72. The second kappa shape index (κ2) is 5.45. The number of amides is 1. The van der Waals surface area contributed by atoms with Gasteiger partial charge in [-0.05, 0) is 5.56 Å². The van der Waals surface area contributed by atoms with Gasteiger partial charge in [0.05, 0.1) is 6.54 Å². The molecule has 90 valence electrons. The molecule has 0 unspecified atom stereocenters. The monoisotopic (exact) mass is 234 g/mol. The molecule has 2 rings (SSSR count). The van der Waals surface area contributed by atoms with Crippen LogP contribution in [0.25, 0.3) is 0 Å². The number of rotatable bonds is 5. The molecular weight excluding hydrogens is 220 g/mol. The Morgan fingerprint density at radius 2 is 2.18 bits per heavy atom. The van der Waals surface area contributed by atoms with Crippen LogP contribution in [-0.2, 0) is 20.9 Å². The van der Waals surface area contributed by atoms with E-state index in [4.69, 9.17) is 4.74 Å². The zero-order valence-corrected chi connectivity index (χ0v) is 9.31. The van der Waals surface area contributed by atoms with Gasteiger partial charge >= 0.3 is 5.97 Å². The highest BCUT2D eigenvalue weighted by Gasteiger charge is 2.27. The van der Waals surface area contributed by atoms with Gasteiger partial charge in [0, 0.05) is 6.54 Å². The topological polar surface area (TPSA) is 67.4 Å². The highest BCUT2D eigenvalue weighted by molar-refractivity contribution is 5.88. The zero-order valence-electron chi connectivity index (χ0n) is 9.31. The van der Waals surface area contributed by atoms with Gasteiger partial charge in [0.2, 0.25) is 5.91 Å². The van der Waals surface area contributed by atoms with Gasteiger partial charge in [-0.3, -0.25) is 14.9 Å². The third-order valence-corrected chi connectivity index (χ3v) is 2.53. The number of esters is 1. The van der Waals surface area contributed by atoms with Crippen LogP contribution < -0.4 is 10.6 Å². The first-order chi connectivity index (χ1) is 8.25. The van der Waals surface area contributed by atoms with Gasteiger partial charge < -0.3 is 10.1 Å². The third kappa shape index (κ3) is 3.29. The molecule has 0 saturated carbocycles. The van der Waals surface area contributed by atoms with Gasteiger partial charge in [-0.15, -0.1) is 0 Å². The molecule has 1 aliphatic rings. The largest absolute Gasteiger partial charge is 0.460 e. The predicted molar refractivity (Wildman–Crippen MR) is 61.0 cm³/mol. The zero-order chi connectivity index (χ0) is 12.1. The molecule has 0 aliphatic carbocycles. The minimum Gasteiger partial charge on any atom is -0.460 e. The number of hydrogen-bond acceptors (Lipinski definition) is 4. The maximum atomic E-state index is 11.4. The van der Waals surface area contributed by atoms with Crippen LogP contribution in [0.4, 0.5) is 0 Å². The van der Waals surface area contributed by atoms with E-state index in [9.17, 15) is 9.59 Å². The fourth-order valence-corrected chi connectivity index (χ4v) is 1.45. The minimum absolute atomic E-state index is 0.0604. The summed E-state index contributed by atoms with van der Waals surface area (Å²) in [5, 5.41) is 5.40. The van der Waals surface area contributed by atoms with Gasteiger partial charge in [0.15, 0.2) is 0 Å². The lowest BCUT2D eigenvalue weighted by molar-refractivity contribution is -0.144. The van der Waals surface area contributed by atoms with Crippen molar-refractivity contribution in [2.75, 3.05) is 13.1 Å². The number of carbonyl (C=O) groups excluding carboxylic acids is 2. The summed E-state index contributed by atoms with van der Waals surface area (Å²) in [4.78, 5) is 22.2. The van der Waals surface area contributed by atoms with Crippen molar-refractivity contribution in [3.63, 3.8) is 0 Å². The molecule has 1 atom stereocenters. The van der Waals surface area contributed by atoms with Crippen LogP contribution in [0.1, 0.15) is 5.56 Å². The van der Waals surface area contributed by atoms with E-state index in [1.165, 1.54) is 0 Å². The van der Waals surface area contributed by atoms with Crippen molar-refractivity contribution in [3.05, 3.63) is 35.9 Å². The van der Waals surface area contributed by atoms with E-state index in [1.807, 2.05) is 30.3 Å². The van der Waals surface area contributed by atoms with Crippen LogP contribution in [0.5, 0.6) is 0 Å². The summed E-state index contributed by atoms with van der Waals surface area (Å²) in [6, 6.07) is 9.21. The molecule has 17 heavy (non-hydrogen) atoms. The molecule has 1 fully saturated rings. The number of nitrogens with one attached hydrogen (secondary N) is 2.